The maximum atomic E-state index is 12.7. The Hall–Kier alpha value is -3.31. The van der Waals surface area contributed by atoms with Gasteiger partial charge in [0, 0.05) is 10.9 Å². The molecule has 0 saturated heterocycles. The van der Waals surface area contributed by atoms with Gasteiger partial charge in [-0.2, -0.15) is 0 Å². The summed E-state index contributed by atoms with van der Waals surface area (Å²) in [4.78, 5) is 17.9. The summed E-state index contributed by atoms with van der Waals surface area (Å²) < 4.78 is 49.5. The third-order valence-corrected chi connectivity index (χ3v) is 7.19. The Labute approximate surface area is 234 Å². The SMILES string of the molecule is CC(C)(C)OC(=O)ON1Cc2cc(Cl)ccc2-n2c(nnc2[C@H]2CC[C@H](c3cccc(OC(F)(F)F)c3)CC2)C1. The second-order valence-corrected chi connectivity index (χ2v) is 11.5. The molecule has 0 unspecified atom stereocenters. The number of aromatic nitrogens is 3. The number of hydrogen-bond acceptors (Lipinski definition) is 7. The predicted octanol–water partition coefficient (Wildman–Crippen LogP) is 7.44. The maximum absolute atomic E-state index is 12.7. The highest BCUT2D eigenvalue weighted by Crippen LogP contribution is 2.42. The van der Waals surface area contributed by atoms with Gasteiger partial charge in [0.2, 0.25) is 0 Å². The molecule has 0 amide bonds. The molecule has 0 radical (unpaired) electrons. The van der Waals surface area contributed by atoms with Crippen molar-refractivity contribution < 1.29 is 32.3 Å². The zero-order chi connectivity index (χ0) is 28.7. The van der Waals surface area contributed by atoms with Gasteiger partial charge in [-0.05, 0) is 93.8 Å². The largest absolute Gasteiger partial charge is 0.573 e. The maximum Gasteiger partial charge on any atom is 0.573 e. The fourth-order valence-corrected chi connectivity index (χ4v) is 5.55. The molecule has 12 heteroatoms. The number of carbonyl (C=O) groups is 1. The highest BCUT2D eigenvalue weighted by Gasteiger charge is 2.34. The molecular weight excluding hydrogens is 549 g/mol. The van der Waals surface area contributed by atoms with Crippen LogP contribution in [0.4, 0.5) is 18.0 Å². The van der Waals surface area contributed by atoms with Crippen molar-refractivity contribution in [2.24, 2.45) is 0 Å². The van der Waals surface area contributed by atoms with Crippen molar-refractivity contribution >= 4 is 17.8 Å². The molecule has 1 saturated carbocycles. The van der Waals surface area contributed by atoms with Crippen molar-refractivity contribution in [3.8, 4) is 11.4 Å². The number of carbonyl (C=O) groups excluding carboxylic acids is 1. The van der Waals surface area contributed by atoms with Gasteiger partial charge in [0.1, 0.15) is 17.2 Å². The molecule has 2 aromatic carbocycles. The Bertz CT molecular complexity index is 1380. The van der Waals surface area contributed by atoms with E-state index in [1.807, 2.05) is 22.8 Å². The van der Waals surface area contributed by atoms with Crippen molar-refractivity contribution in [2.75, 3.05) is 0 Å². The average molecular weight is 579 g/mol. The van der Waals surface area contributed by atoms with Crippen LogP contribution in [-0.4, -0.2) is 37.9 Å². The first kappa shape index (κ1) is 28.2. The lowest BCUT2D eigenvalue weighted by molar-refractivity contribution is -0.274. The van der Waals surface area contributed by atoms with E-state index in [9.17, 15) is 18.0 Å². The van der Waals surface area contributed by atoms with Crippen molar-refractivity contribution in [3.63, 3.8) is 0 Å². The predicted molar refractivity (Wildman–Crippen MR) is 140 cm³/mol. The number of fused-ring (bicyclic) bond motifs is 3. The summed E-state index contributed by atoms with van der Waals surface area (Å²) in [5.41, 5.74) is 1.82. The van der Waals surface area contributed by atoms with E-state index in [2.05, 4.69) is 14.9 Å². The zero-order valence-corrected chi connectivity index (χ0v) is 23.1. The highest BCUT2D eigenvalue weighted by atomic mass is 35.5. The summed E-state index contributed by atoms with van der Waals surface area (Å²) in [7, 11) is 0. The first-order chi connectivity index (χ1) is 18.8. The van der Waals surface area contributed by atoms with Crippen LogP contribution in [0.3, 0.4) is 0 Å². The Balaban J connectivity index is 1.36. The Morgan fingerprint density at radius 2 is 1.70 bits per heavy atom. The van der Waals surface area contributed by atoms with Gasteiger partial charge in [-0.1, -0.05) is 23.7 Å². The average Bonchev–Trinajstić information content (AvgIpc) is 3.18. The molecule has 214 valence electrons. The van der Waals surface area contributed by atoms with Crippen molar-refractivity contribution in [1.82, 2.24) is 19.8 Å². The quantitative estimate of drug-likeness (QED) is 0.298. The standard InChI is InChI=1S/C28H30ClF3N4O4/c1-27(2,3)39-26(37)40-35-15-20-13-21(29)11-12-23(20)36-24(16-35)33-34-25(36)18-9-7-17(8-10-18)19-5-4-6-22(14-19)38-28(30,31)32/h4-6,11-14,17-18H,7-10,15-16H2,1-3H3/t17-,18-. The lowest BCUT2D eigenvalue weighted by atomic mass is 9.78. The fraction of sp³-hybridized carbons (Fsp3) is 0.464. The summed E-state index contributed by atoms with van der Waals surface area (Å²) in [6.45, 7) is 5.75. The molecule has 3 aromatic rings. The summed E-state index contributed by atoms with van der Waals surface area (Å²) in [5, 5.41) is 11.0. The molecular formula is C28H30ClF3N4O4. The number of alkyl halides is 3. The van der Waals surface area contributed by atoms with E-state index in [-0.39, 0.29) is 30.7 Å². The van der Waals surface area contributed by atoms with Crippen LogP contribution in [0, 0.1) is 0 Å². The third-order valence-electron chi connectivity index (χ3n) is 6.95. The molecule has 0 bridgehead atoms. The Kier molecular flexibility index (Phi) is 7.71. The summed E-state index contributed by atoms with van der Waals surface area (Å²) >= 11 is 6.32. The number of ether oxygens (including phenoxy) is 2. The summed E-state index contributed by atoms with van der Waals surface area (Å²) in [6, 6.07) is 11.8. The molecule has 5 rings (SSSR count). The number of hydroxylamine groups is 2. The van der Waals surface area contributed by atoms with Gasteiger partial charge >= 0.3 is 12.5 Å². The molecule has 1 fully saturated rings. The minimum absolute atomic E-state index is 0.0916. The van der Waals surface area contributed by atoms with E-state index in [0.717, 1.165) is 48.3 Å². The molecule has 2 aliphatic rings. The second kappa shape index (κ2) is 10.9. The molecule has 40 heavy (non-hydrogen) atoms. The van der Waals surface area contributed by atoms with E-state index >= 15 is 0 Å². The summed E-state index contributed by atoms with van der Waals surface area (Å²) in [6.07, 6.45) is -2.40. The monoisotopic (exact) mass is 578 g/mol. The fourth-order valence-electron chi connectivity index (χ4n) is 5.35. The molecule has 8 nitrogen and oxygen atoms in total. The highest BCUT2D eigenvalue weighted by molar-refractivity contribution is 6.30. The van der Waals surface area contributed by atoms with Crippen LogP contribution in [-0.2, 0) is 22.7 Å². The first-order valence-corrected chi connectivity index (χ1v) is 13.5. The van der Waals surface area contributed by atoms with Gasteiger partial charge in [-0.25, -0.2) is 4.79 Å². The topological polar surface area (TPSA) is 78.7 Å². The zero-order valence-electron chi connectivity index (χ0n) is 22.4. The number of halogens is 4. The Morgan fingerprint density at radius 3 is 2.40 bits per heavy atom. The molecule has 2 heterocycles. The minimum Gasteiger partial charge on any atom is -0.427 e. The van der Waals surface area contributed by atoms with Crippen molar-refractivity contribution in [2.45, 2.75) is 83.3 Å². The minimum atomic E-state index is -4.73. The molecule has 0 atom stereocenters. The van der Waals surface area contributed by atoms with Crippen molar-refractivity contribution in [1.29, 1.82) is 0 Å². The smallest absolute Gasteiger partial charge is 0.427 e. The normalized spacial score (nSPS) is 19.8. The van der Waals surface area contributed by atoms with Gasteiger partial charge < -0.3 is 14.3 Å². The van der Waals surface area contributed by atoms with Crippen LogP contribution < -0.4 is 4.74 Å². The molecule has 0 spiro atoms. The lowest BCUT2D eigenvalue weighted by Gasteiger charge is -2.29. The van der Waals surface area contributed by atoms with Gasteiger partial charge in [-0.15, -0.1) is 28.4 Å². The van der Waals surface area contributed by atoms with Gasteiger partial charge in [0.15, 0.2) is 5.82 Å². The van der Waals surface area contributed by atoms with E-state index in [0.29, 0.717) is 10.8 Å². The van der Waals surface area contributed by atoms with Gasteiger partial charge in [-0.3, -0.25) is 4.57 Å². The molecule has 1 aliphatic carbocycles. The van der Waals surface area contributed by atoms with E-state index in [1.165, 1.54) is 17.2 Å². The molecule has 1 aliphatic heterocycles. The van der Waals surface area contributed by atoms with E-state index in [1.54, 1.807) is 32.9 Å². The number of hydrogen-bond donors (Lipinski definition) is 0. The van der Waals surface area contributed by atoms with Crippen LogP contribution in [0.2, 0.25) is 5.02 Å². The van der Waals surface area contributed by atoms with Crippen LogP contribution >= 0.6 is 11.6 Å². The second-order valence-electron chi connectivity index (χ2n) is 11.1. The van der Waals surface area contributed by atoms with E-state index in [4.69, 9.17) is 21.2 Å². The first-order valence-electron chi connectivity index (χ1n) is 13.1. The number of benzene rings is 2. The van der Waals surface area contributed by atoms with Crippen molar-refractivity contribution in [3.05, 3.63) is 70.3 Å². The summed E-state index contributed by atoms with van der Waals surface area (Å²) in [5.74, 6) is 1.41. The van der Waals surface area contributed by atoms with E-state index < -0.39 is 18.1 Å². The van der Waals surface area contributed by atoms with Crippen LogP contribution in [0.5, 0.6) is 5.75 Å². The van der Waals surface area contributed by atoms with Gasteiger partial charge in [0.25, 0.3) is 0 Å². The third kappa shape index (κ3) is 6.69. The van der Waals surface area contributed by atoms with Crippen LogP contribution in [0.15, 0.2) is 42.5 Å². The van der Waals surface area contributed by atoms with Crippen LogP contribution in [0.25, 0.3) is 5.69 Å². The molecule has 0 N–H and O–H groups in total. The molecule has 1 aromatic heterocycles. The number of rotatable bonds is 4. The Morgan fingerprint density at radius 1 is 0.975 bits per heavy atom. The lowest BCUT2D eigenvalue weighted by Crippen LogP contribution is -2.31. The number of nitrogens with zero attached hydrogens (tertiary/aromatic N) is 4. The van der Waals surface area contributed by atoms with Gasteiger partial charge in [0.05, 0.1) is 18.8 Å². The van der Waals surface area contributed by atoms with Crippen LogP contribution in [0.1, 0.15) is 81.1 Å².